The highest BCUT2D eigenvalue weighted by molar-refractivity contribution is 6.10. The van der Waals surface area contributed by atoms with E-state index < -0.39 is 0 Å². The molecule has 0 atom stereocenters. The van der Waals surface area contributed by atoms with Gasteiger partial charge in [0.2, 0.25) is 0 Å². The molecular formula is C23H25N3O2. The number of hydrogen-bond acceptors (Lipinski definition) is 3. The lowest BCUT2D eigenvalue weighted by atomic mass is 10.1. The molecule has 0 aliphatic rings. The van der Waals surface area contributed by atoms with Crippen LogP contribution in [0.2, 0.25) is 0 Å². The maximum atomic E-state index is 12.9. The van der Waals surface area contributed by atoms with Crippen LogP contribution in [0.1, 0.15) is 5.56 Å². The Bertz CT molecular complexity index is 1170. The summed E-state index contributed by atoms with van der Waals surface area (Å²) in [6, 6.07) is 18.2. The summed E-state index contributed by atoms with van der Waals surface area (Å²) in [5.41, 5.74) is 2.90. The first-order chi connectivity index (χ1) is 13.6. The summed E-state index contributed by atoms with van der Waals surface area (Å²) in [4.78, 5) is 15.1. The molecule has 0 saturated heterocycles. The van der Waals surface area contributed by atoms with Crippen LogP contribution in [0.3, 0.4) is 0 Å². The summed E-state index contributed by atoms with van der Waals surface area (Å²) in [6.45, 7) is 2.09. The van der Waals surface area contributed by atoms with Crippen LogP contribution in [-0.4, -0.2) is 34.7 Å². The van der Waals surface area contributed by atoms with Gasteiger partial charge < -0.3 is 18.8 Å². The van der Waals surface area contributed by atoms with Gasteiger partial charge in [-0.1, -0.05) is 36.4 Å². The first-order valence-corrected chi connectivity index (χ1v) is 9.48. The van der Waals surface area contributed by atoms with Crippen molar-refractivity contribution in [1.82, 2.24) is 14.0 Å². The molecule has 2 aromatic carbocycles. The van der Waals surface area contributed by atoms with Crippen molar-refractivity contribution in [3.8, 4) is 5.75 Å². The third kappa shape index (κ3) is 3.29. The molecule has 0 spiro atoms. The quantitative estimate of drug-likeness (QED) is 0.517. The normalized spacial score (nSPS) is 11.6. The Labute approximate surface area is 164 Å². The van der Waals surface area contributed by atoms with Crippen molar-refractivity contribution in [2.24, 2.45) is 7.05 Å². The molecule has 0 N–H and O–H groups in total. The number of nitrogens with zero attached hydrogens (tertiary/aromatic N) is 3. The highest BCUT2D eigenvalue weighted by atomic mass is 16.5. The number of ether oxygens (including phenoxy) is 1. The van der Waals surface area contributed by atoms with E-state index in [1.165, 1.54) is 0 Å². The number of aryl methyl sites for hydroxylation is 1. The molecule has 0 radical (unpaired) electrons. The van der Waals surface area contributed by atoms with E-state index in [1.54, 1.807) is 11.6 Å². The molecule has 2 heterocycles. The zero-order chi connectivity index (χ0) is 19.7. The zero-order valence-electron chi connectivity index (χ0n) is 16.6. The number of hydrogen-bond donors (Lipinski definition) is 0. The minimum absolute atomic E-state index is 0.0152. The molecule has 4 aromatic rings. The molecule has 0 saturated carbocycles. The molecule has 0 aliphatic carbocycles. The second-order valence-electron chi connectivity index (χ2n) is 7.37. The van der Waals surface area contributed by atoms with Gasteiger partial charge in [-0.2, -0.15) is 0 Å². The maximum Gasteiger partial charge on any atom is 0.274 e. The van der Waals surface area contributed by atoms with E-state index in [4.69, 9.17) is 4.74 Å². The van der Waals surface area contributed by atoms with Crippen molar-refractivity contribution in [3.63, 3.8) is 0 Å². The molecule has 5 nitrogen and oxygen atoms in total. The minimum Gasteiger partial charge on any atom is -0.488 e. The maximum absolute atomic E-state index is 12.9. The van der Waals surface area contributed by atoms with Crippen LogP contribution in [0.25, 0.3) is 21.8 Å². The lowest BCUT2D eigenvalue weighted by Crippen LogP contribution is -2.22. The van der Waals surface area contributed by atoms with Gasteiger partial charge in [0.25, 0.3) is 5.56 Å². The Hall–Kier alpha value is -3.05. The lowest BCUT2D eigenvalue weighted by molar-refractivity contribution is 0.310. The summed E-state index contributed by atoms with van der Waals surface area (Å²) in [5.74, 6) is 0.809. The second-order valence-corrected chi connectivity index (χ2v) is 7.37. The van der Waals surface area contributed by atoms with E-state index in [0.717, 1.165) is 46.2 Å². The van der Waals surface area contributed by atoms with E-state index in [1.807, 2.05) is 56.7 Å². The fourth-order valence-electron chi connectivity index (χ4n) is 3.60. The zero-order valence-corrected chi connectivity index (χ0v) is 16.6. The third-order valence-electron chi connectivity index (χ3n) is 5.09. The molecule has 5 heteroatoms. The van der Waals surface area contributed by atoms with Gasteiger partial charge >= 0.3 is 0 Å². The van der Waals surface area contributed by atoms with Gasteiger partial charge in [-0.25, -0.2) is 0 Å². The third-order valence-corrected chi connectivity index (χ3v) is 5.09. The highest BCUT2D eigenvalue weighted by Crippen LogP contribution is 2.34. The Kier molecular flexibility index (Phi) is 4.92. The Morgan fingerprint density at radius 2 is 1.79 bits per heavy atom. The minimum atomic E-state index is 0.0152. The largest absolute Gasteiger partial charge is 0.488 e. The SMILES string of the molecule is CN(C)CCn1c2cccc(OCc3ccccc3)c2c2ccn(C)c(=O)c21. The van der Waals surface area contributed by atoms with Crippen molar-refractivity contribution in [3.05, 3.63) is 76.7 Å². The predicted octanol–water partition coefficient (Wildman–Crippen LogP) is 3.63. The van der Waals surface area contributed by atoms with Gasteiger partial charge in [-0.15, -0.1) is 0 Å². The number of pyridine rings is 1. The van der Waals surface area contributed by atoms with Crippen molar-refractivity contribution >= 4 is 21.8 Å². The summed E-state index contributed by atoms with van der Waals surface area (Å²) in [6.07, 6.45) is 1.83. The van der Waals surface area contributed by atoms with Gasteiger partial charge in [0.15, 0.2) is 0 Å². The van der Waals surface area contributed by atoms with Crippen LogP contribution < -0.4 is 10.3 Å². The summed E-state index contributed by atoms with van der Waals surface area (Å²) in [5, 5.41) is 1.95. The monoisotopic (exact) mass is 375 g/mol. The first-order valence-electron chi connectivity index (χ1n) is 9.48. The van der Waals surface area contributed by atoms with E-state index in [2.05, 4.69) is 27.7 Å². The van der Waals surface area contributed by atoms with E-state index in [-0.39, 0.29) is 5.56 Å². The van der Waals surface area contributed by atoms with Crippen molar-refractivity contribution in [2.45, 2.75) is 13.2 Å². The average Bonchev–Trinajstić information content (AvgIpc) is 3.03. The summed E-state index contributed by atoms with van der Waals surface area (Å²) >= 11 is 0. The highest BCUT2D eigenvalue weighted by Gasteiger charge is 2.17. The van der Waals surface area contributed by atoms with Crippen molar-refractivity contribution in [2.75, 3.05) is 20.6 Å². The number of fused-ring (bicyclic) bond motifs is 3. The topological polar surface area (TPSA) is 39.4 Å². The number of rotatable bonds is 6. The van der Waals surface area contributed by atoms with Gasteiger partial charge in [0.1, 0.15) is 17.9 Å². The van der Waals surface area contributed by atoms with Gasteiger partial charge in [0, 0.05) is 37.1 Å². The van der Waals surface area contributed by atoms with Crippen LogP contribution in [0.5, 0.6) is 5.75 Å². The van der Waals surface area contributed by atoms with Gasteiger partial charge in [0.05, 0.1) is 5.52 Å². The van der Waals surface area contributed by atoms with Gasteiger partial charge in [-0.05, 0) is 37.9 Å². The molecule has 0 amide bonds. The molecule has 144 valence electrons. The van der Waals surface area contributed by atoms with E-state index >= 15 is 0 Å². The van der Waals surface area contributed by atoms with Crippen LogP contribution >= 0.6 is 0 Å². The van der Waals surface area contributed by atoms with Crippen LogP contribution in [0, 0.1) is 0 Å². The van der Waals surface area contributed by atoms with Crippen molar-refractivity contribution in [1.29, 1.82) is 0 Å². The van der Waals surface area contributed by atoms with E-state index in [9.17, 15) is 4.79 Å². The molecule has 0 fully saturated rings. The summed E-state index contributed by atoms with van der Waals surface area (Å²) < 4.78 is 9.95. The summed E-state index contributed by atoms with van der Waals surface area (Å²) in [7, 11) is 5.88. The van der Waals surface area contributed by atoms with Crippen LogP contribution in [0.15, 0.2) is 65.6 Å². The Balaban J connectivity index is 1.87. The van der Waals surface area contributed by atoms with Crippen LogP contribution in [0.4, 0.5) is 0 Å². The lowest BCUT2D eigenvalue weighted by Gasteiger charge is -2.13. The number of aromatic nitrogens is 2. The van der Waals surface area contributed by atoms with Gasteiger partial charge in [-0.3, -0.25) is 4.79 Å². The smallest absolute Gasteiger partial charge is 0.274 e. The predicted molar refractivity (Wildman–Crippen MR) is 114 cm³/mol. The molecule has 2 aromatic heterocycles. The number of benzene rings is 2. The number of likely N-dealkylation sites (N-methyl/N-ethyl adjacent to an activating group) is 1. The molecular weight excluding hydrogens is 350 g/mol. The molecule has 0 aliphatic heterocycles. The standard InChI is InChI=1S/C23H25N3O2/c1-24(2)14-15-26-19-10-7-11-20(28-16-17-8-5-4-6-9-17)21(19)18-12-13-25(3)23(27)22(18)26/h4-13H,14-16H2,1-3H3. The Morgan fingerprint density at radius 3 is 2.54 bits per heavy atom. The molecule has 0 unspecified atom stereocenters. The second kappa shape index (κ2) is 7.52. The van der Waals surface area contributed by atoms with Crippen LogP contribution in [-0.2, 0) is 20.2 Å². The van der Waals surface area contributed by atoms with Crippen molar-refractivity contribution < 1.29 is 4.74 Å². The average molecular weight is 375 g/mol. The molecule has 28 heavy (non-hydrogen) atoms. The fraction of sp³-hybridized carbons (Fsp3) is 0.261. The fourth-order valence-corrected chi connectivity index (χ4v) is 3.60. The first kappa shape index (κ1) is 18.3. The van der Waals surface area contributed by atoms with E-state index in [0.29, 0.717) is 6.61 Å². The Morgan fingerprint density at radius 1 is 1.00 bits per heavy atom. The molecule has 0 bridgehead atoms. The molecule has 4 rings (SSSR count).